The van der Waals surface area contributed by atoms with Gasteiger partial charge in [-0.05, 0) is 31.2 Å². The van der Waals surface area contributed by atoms with Gasteiger partial charge in [0.2, 0.25) is 0 Å². The summed E-state index contributed by atoms with van der Waals surface area (Å²) in [4.78, 5) is 28.0. The number of carbonyl (C=O) groups is 1. The first-order valence-corrected chi connectivity index (χ1v) is 10.3. The minimum atomic E-state index is 0.0833. The number of ether oxygens (including phenoxy) is 1. The highest BCUT2D eigenvalue weighted by Gasteiger charge is 2.24. The molecule has 2 aromatic heterocycles. The van der Waals surface area contributed by atoms with E-state index in [0.29, 0.717) is 18.9 Å². The van der Waals surface area contributed by atoms with Gasteiger partial charge in [0.15, 0.2) is 0 Å². The summed E-state index contributed by atoms with van der Waals surface area (Å²) in [7, 11) is 0. The van der Waals surface area contributed by atoms with E-state index in [1.165, 1.54) is 6.33 Å². The van der Waals surface area contributed by atoms with Crippen molar-refractivity contribution in [2.24, 2.45) is 0 Å². The zero-order chi connectivity index (χ0) is 20.5. The highest BCUT2D eigenvalue weighted by atomic mass is 16.5. The number of fused-ring (bicyclic) bond motifs is 1. The molecule has 4 heterocycles. The molecular formula is C21H25N7O2. The van der Waals surface area contributed by atoms with Crippen molar-refractivity contribution < 1.29 is 9.53 Å². The van der Waals surface area contributed by atoms with Gasteiger partial charge in [0, 0.05) is 62.3 Å². The van der Waals surface area contributed by atoms with Crippen LogP contribution in [-0.4, -0.2) is 82.9 Å². The number of hydrogen-bond acceptors (Lipinski definition) is 7. The number of benzene rings is 1. The summed E-state index contributed by atoms with van der Waals surface area (Å²) in [6.07, 6.45) is 1.52. The number of aryl methyl sites for hydroxylation is 1. The Morgan fingerprint density at radius 3 is 2.43 bits per heavy atom. The topological polar surface area (TPSA) is 79.1 Å². The van der Waals surface area contributed by atoms with Crippen molar-refractivity contribution in [2.45, 2.75) is 6.92 Å². The Bertz CT molecular complexity index is 1040. The number of anilines is 2. The molecule has 0 radical (unpaired) electrons. The molecule has 0 N–H and O–H groups in total. The average molecular weight is 407 g/mol. The first-order chi connectivity index (χ1) is 14.7. The Balaban J connectivity index is 1.25. The lowest BCUT2D eigenvalue weighted by Crippen LogP contribution is -2.49. The predicted molar refractivity (Wildman–Crippen MR) is 113 cm³/mol. The minimum absolute atomic E-state index is 0.0833. The SMILES string of the molecule is Cc1cc(N2CCN(C(=O)c3ccc(N4CCOCC4)cc3)CC2)n2ncnc2n1. The van der Waals surface area contributed by atoms with Gasteiger partial charge in [0.25, 0.3) is 11.7 Å². The zero-order valence-corrected chi connectivity index (χ0v) is 17.1. The van der Waals surface area contributed by atoms with Crippen LogP contribution in [0.3, 0.4) is 0 Å². The maximum Gasteiger partial charge on any atom is 0.254 e. The Kier molecular flexibility index (Phi) is 4.96. The third-order valence-corrected chi connectivity index (χ3v) is 5.74. The summed E-state index contributed by atoms with van der Waals surface area (Å²) in [5.41, 5.74) is 2.79. The lowest BCUT2D eigenvalue weighted by molar-refractivity contribution is 0.0746. The first-order valence-electron chi connectivity index (χ1n) is 10.3. The van der Waals surface area contributed by atoms with Gasteiger partial charge in [0.05, 0.1) is 13.2 Å². The molecule has 3 aromatic rings. The Labute approximate surface area is 174 Å². The van der Waals surface area contributed by atoms with Crippen molar-refractivity contribution in [1.29, 1.82) is 0 Å². The normalized spacial score (nSPS) is 17.6. The largest absolute Gasteiger partial charge is 0.378 e. The molecule has 2 aliphatic heterocycles. The second-order valence-electron chi connectivity index (χ2n) is 7.65. The average Bonchev–Trinajstić information content (AvgIpc) is 3.27. The van der Waals surface area contributed by atoms with Gasteiger partial charge >= 0.3 is 0 Å². The van der Waals surface area contributed by atoms with Crippen molar-refractivity contribution >= 4 is 23.2 Å². The number of hydrogen-bond donors (Lipinski definition) is 0. The van der Waals surface area contributed by atoms with Crippen LogP contribution in [-0.2, 0) is 4.74 Å². The van der Waals surface area contributed by atoms with E-state index in [1.807, 2.05) is 42.2 Å². The number of aromatic nitrogens is 4. The summed E-state index contributed by atoms with van der Waals surface area (Å²) >= 11 is 0. The molecule has 1 amide bonds. The zero-order valence-electron chi connectivity index (χ0n) is 17.1. The van der Waals surface area contributed by atoms with E-state index in [4.69, 9.17) is 4.74 Å². The second-order valence-corrected chi connectivity index (χ2v) is 7.65. The standard InChI is InChI=1S/C21H25N7O2/c1-16-14-19(28-21(24-16)22-15-23-28)26-6-8-27(9-7-26)20(29)17-2-4-18(5-3-17)25-10-12-30-13-11-25/h2-5,14-15H,6-13H2,1H3. The molecule has 9 nitrogen and oxygen atoms in total. The van der Waals surface area contributed by atoms with E-state index < -0.39 is 0 Å². The smallest absolute Gasteiger partial charge is 0.254 e. The molecule has 0 bridgehead atoms. The lowest BCUT2D eigenvalue weighted by atomic mass is 10.1. The van der Waals surface area contributed by atoms with Crippen molar-refractivity contribution in [3.63, 3.8) is 0 Å². The van der Waals surface area contributed by atoms with Gasteiger partial charge in [-0.1, -0.05) is 0 Å². The van der Waals surface area contributed by atoms with Gasteiger partial charge in [-0.25, -0.2) is 4.98 Å². The maximum absolute atomic E-state index is 13.0. The molecule has 156 valence electrons. The number of piperazine rings is 1. The van der Waals surface area contributed by atoms with Crippen LogP contribution in [0.15, 0.2) is 36.7 Å². The van der Waals surface area contributed by atoms with Crippen LogP contribution in [0.2, 0.25) is 0 Å². The molecule has 2 aliphatic rings. The molecule has 2 fully saturated rings. The Hall–Kier alpha value is -3.20. The van der Waals surface area contributed by atoms with Crippen LogP contribution < -0.4 is 9.80 Å². The molecule has 0 atom stereocenters. The molecule has 30 heavy (non-hydrogen) atoms. The summed E-state index contributed by atoms with van der Waals surface area (Å²) in [6.45, 7) is 8.07. The predicted octanol–water partition coefficient (Wildman–Crippen LogP) is 1.23. The highest BCUT2D eigenvalue weighted by molar-refractivity contribution is 5.94. The van der Waals surface area contributed by atoms with E-state index in [0.717, 1.165) is 62.2 Å². The number of amides is 1. The summed E-state index contributed by atoms with van der Waals surface area (Å²) < 4.78 is 7.17. The van der Waals surface area contributed by atoms with Gasteiger partial charge in [-0.15, -0.1) is 0 Å². The van der Waals surface area contributed by atoms with Crippen LogP contribution >= 0.6 is 0 Å². The van der Waals surface area contributed by atoms with Crippen molar-refractivity contribution in [3.05, 3.63) is 47.9 Å². The third-order valence-electron chi connectivity index (χ3n) is 5.74. The fourth-order valence-electron chi connectivity index (χ4n) is 4.09. The number of nitrogens with zero attached hydrogens (tertiary/aromatic N) is 7. The first kappa shape index (κ1) is 18.8. The fourth-order valence-corrected chi connectivity index (χ4v) is 4.09. The number of carbonyl (C=O) groups excluding carboxylic acids is 1. The molecule has 0 unspecified atom stereocenters. The third kappa shape index (κ3) is 3.56. The van der Waals surface area contributed by atoms with Gasteiger partial charge in [-0.2, -0.15) is 14.6 Å². The van der Waals surface area contributed by atoms with Gasteiger partial charge < -0.3 is 19.4 Å². The van der Waals surface area contributed by atoms with E-state index in [-0.39, 0.29) is 5.91 Å². The van der Waals surface area contributed by atoms with Gasteiger partial charge in [-0.3, -0.25) is 4.79 Å². The molecular weight excluding hydrogens is 382 g/mol. The van der Waals surface area contributed by atoms with Crippen LogP contribution in [0.25, 0.3) is 5.78 Å². The van der Waals surface area contributed by atoms with Crippen molar-refractivity contribution in [1.82, 2.24) is 24.5 Å². The minimum Gasteiger partial charge on any atom is -0.378 e. The molecule has 2 saturated heterocycles. The molecule has 9 heteroatoms. The fraction of sp³-hybridized carbons (Fsp3) is 0.429. The van der Waals surface area contributed by atoms with Crippen molar-refractivity contribution in [3.8, 4) is 0 Å². The Morgan fingerprint density at radius 2 is 1.70 bits per heavy atom. The van der Waals surface area contributed by atoms with Crippen LogP contribution in [0.1, 0.15) is 16.1 Å². The van der Waals surface area contributed by atoms with Crippen LogP contribution in [0.4, 0.5) is 11.5 Å². The lowest BCUT2D eigenvalue weighted by Gasteiger charge is -2.36. The summed E-state index contributed by atoms with van der Waals surface area (Å²) in [5.74, 6) is 1.65. The summed E-state index contributed by atoms with van der Waals surface area (Å²) in [6, 6.07) is 9.96. The molecule has 0 saturated carbocycles. The van der Waals surface area contributed by atoms with E-state index in [1.54, 1.807) is 4.52 Å². The molecule has 0 spiro atoms. The number of morpholine rings is 1. The van der Waals surface area contributed by atoms with E-state index in [2.05, 4.69) is 24.9 Å². The highest BCUT2D eigenvalue weighted by Crippen LogP contribution is 2.20. The van der Waals surface area contributed by atoms with E-state index in [9.17, 15) is 4.79 Å². The van der Waals surface area contributed by atoms with Crippen LogP contribution in [0.5, 0.6) is 0 Å². The van der Waals surface area contributed by atoms with E-state index >= 15 is 0 Å². The molecule has 5 rings (SSSR count). The molecule has 1 aromatic carbocycles. The Morgan fingerprint density at radius 1 is 0.967 bits per heavy atom. The van der Waals surface area contributed by atoms with Crippen LogP contribution in [0, 0.1) is 6.92 Å². The second kappa shape index (κ2) is 7.91. The quantitative estimate of drug-likeness (QED) is 0.646. The summed E-state index contributed by atoms with van der Waals surface area (Å²) in [5, 5.41) is 4.29. The number of rotatable bonds is 3. The van der Waals surface area contributed by atoms with Crippen molar-refractivity contribution in [2.75, 3.05) is 62.3 Å². The maximum atomic E-state index is 13.0. The van der Waals surface area contributed by atoms with Gasteiger partial charge in [0.1, 0.15) is 12.1 Å². The molecule has 0 aliphatic carbocycles. The monoisotopic (exact) mass is 407 g/mol.